The van der Waals surface area contributed by atoms with Crippen LogP contribution in [0, 0.1) is 11.8 Å². The molecule has 1 fully saturated rings. The van der Waals surface area contributed by atoms with Gasteiger partial charge in [0.25, 0.3) is 5.91 Å². The number of nitrogens with zero attached hydrogens (tertiary/aromatic N) is 1. The zero-order valence-electron chi connectivity index (χ0n) is 13.7. The van der Waals surface area contributed by atoms with E-state index in [9.17, 15) is 14.4 Å². The molecule has 3 N–H and O–H groups in total. The van der Waals surface area contributed by atoms with Crippen molar-refractivity contribution in [2.45, 2.75) is 38.3 Å². The van der Waals surface area contributed by atoms with Crippen LogP contribution in [0.5, 0.6) is 0 Å². The molecule has 7 heteroatoms. The number of piperidine rings is 1. The fourth-order valence-corrected chi connectivity index (χ4v) is 3.05. The summed E-state index contributed by atoms with van der Waals surface area (Å²) in [5.41, 5.74) is 7.71. The van der Waals surface area contributed by atoms with Crippen molar-refractivity contribution in [2.24, 2.45) is 5.73 Å². The third kappa shape index (κ3) is 3.84. The summed E-state index contributed by atoms with van der Waals surface area (Å²) in [6.07, 6.45) is 2.17. The zero-order chi connectivity index (χ0) is 17.1. The van der Waals surface area contributed by atoms with Crippen LogP contribution >= 0.6 is 12.4 Å². The van der Waals surface area contributed by atoms with E-state index in [-0.39, 0.29) is 30.6 Å². The molecule has 2 aliphatic rings. The second kappa shape index (κ2) is 8.15. The van der Waals surface area contributed by atoms with E-state index in [0.29, 0.717) is 31.5 Å². The molecule has 1 unspecified atom stereocenters. The Morgan fingerprint density at radius 1 is 1.28 bits per heavy atom. The molecule has 0 saturated carbocycles. The first-order valence-corrected chi connectivity index (χ1v) is 8.07. The Morgan fingerprint density at radius 2 is 2.08 bits per heavy atom. The molecular formula is C18H20ClN3O3. The molecule has 0 bridgehead atoms. The number of hydrogen-bond acceptors (Lipinski definition) is 4. The predicted molar refractivity (Wildman–Crippen MR) is 94.9 cm³/mol. The molecule has 0 radical (unpaired) electrons. The van der Waals surface area contributed by atoms with Crippen LogP contribution < -0.4 is 11.1 Å². The lowest BCUT2D eigenvalue weighted by molar-refractivity contribution is -0.136. The first kappa shape index (κ1) is 19.0. The molecule has 2 aliphatic heterocycles. The second-order valence-electron chi connectivity index (χ2n) is 5.93. The molecule has 1 aromatic rings. The highest BCUT2D eigenvalue weighted by atomic mass is 35.5. The molecule has 3 rings (SSSR count). The van der Waals surface area contributed by atoms with Gasteiger partial charge in [-0.25, -0.2) is 0 Å². The standard InChI is InChI=1S/C18H19N3O3.ClH/c19-10-3-1-2-5-12-6-4-7-13-14(12)11-21(18(13)24)15-8-9-16(22)20-17(15)23;/h4,6-7,15H,1,3,8-11,19H2,(H,20,22,23);1H. The Kier molecular flexibility index (Phi) is 6.18. The number of fused-ring (bicyclic) bond motifs is 1. The minimum absolute atomic E-state index is 0. The van der Waals surface area contributed by atoms with Gasteiger partial charge in [0.1, 0.15) is 6.04 Å². The largest absolute Gasteiger partial charge is 0.330 e. The average molecular weight is 362 g/mol. The molecule has 2 heterocycles. The van der Waals surface area contributed by atoms with Crippen LogP contribution in [-0.4, -0.2) is 35.2 Å². The van der Waals surface area contributed by atoms with Crippen molar-refractivity contribution in [3.63, 3.8) is 0 Å². The van der Waals surface area contributed by atoms with Crippen molar-refractivity contribution in [3.05, 3.63) is 34.9 Å². The van der Waals surface area contributed by atoms with Gasteiger partial charge in [0.2, 0.25) is 11.8 Å². The number of unbranched alkanes of at least 4 members (excludes halogenated alkanes) is 1. The van der Waals surface area contributed by atoms with Gasteiger partial charge in [-0.1, -0.05) is 17.9 Å². The van der Waals surface area contributed by atoms with Gasteiger partial charge >= 0.3 is 0 Å². The van der Waals surface area contributed by atoms with E-state index in [1.54, 1.807) is 12.1 Å². The summed E-state index contributed by atoms with van der Waals surface area (Å²) in [6, 6.07) is 4.85. The molecule has 1 atom stereocenters. The van der Waals surface area contributed by atoms with E-state index in [2.05, 4.69) is 17.2 Å². The van der Waals surface area contributed by atoms with Crippen molar-refractivity contribution in [3.8, 4) is 11.8 Å². The Bertz CT molecular complexity index is 767. The van der Waals surface area contributed by atoms with E-state index in [0.717, 1.165) is 17.5 Å². The average Bonchev–Trinajstić information content (AvgIpc) is 2.89. The number of nitrogens with two attached hydrogens (primary N) is 1. The van der Waals surface area contributed by atoms with Crippen LogP contribution in [0.3, 0.4) is 0 Å². The molecule has 1 aromatic carbocycles. The van der Waals surface area contributed by atoms with Crippen LogP contribution in [0.4, 0.5) is 0 Å². The maximum atomic E-state index is 12.6. The Morgan fingerprint density at radius 3 is 2.80 bits per heavy atom. The summed E-state index contributed by atoms with van der Waals surface area (Å²) in [5, 5.41) is 2.30. The number of benzene rings is 1. The lowest BCUT2D eigenvalue weighted by atomic mass is 10.0. The summed E-state index contributed by atoms with van der Waals surface area (Å²) in [6.45, 7) is 0.950. The van der Waals surface area contributed by atoms with Crippen molar-refractivity contribution in [1.82, 2.24) is 10.2 Å². The SMILES string of the molecule is Cl.NCCCC#Cc1cccc2c1CN(C1CCC(=O)NC1=O)C2=O. The summed E-state index contributed by atoms with van der Waals surface area (Å²) in [7, 11) is 0. The maximum absolute atomic E-state index is 12.6. The maximum Gasteiger partial charge on any atom is 0.255 e. The lowest BCUT2D eigenvalue weighted by Gasteiger charge is -2.29. The topological polar surface area (TPSA) is 92.5 Å². The number of imide groups is 1. The molecule has 132 valence electrons. The minimum Gasteiger partial charge on any atom is -0.330 e. The third-order valence-electron chi connectivity index (χ3n) is 4.31. The predicted octanol–water partition coefficient (Wildman–Crippen LogP) is 0.960. The van der Waals surface area contributed by atoms with E-state index in [1.165, 1.54) is 4.90 Å². The number of hydrogen-bond donors (Lipinski definition) is 2. The molecular weight excluding hydrogens is 342 g/mol. The number of carbonyl (C=O) groups excluding carboxylic acids is 3. The van der Waals surface area contributed by atoms with Gasteiger partial charge in [-0.05, 0) is 37.1 Å². The van der Waals surface area contributed by atoms with Gasteiger partial charge in [-0.2, -0.15) is 0 Å². The zero-order valence-corrected chi connectivity index (χ0v) is 14.5. The van der Waals surface area contributed by atoms with Gasteiger partial charge in [0, 0.05) is 30.5 Å². The van der Waals surface area contributed by atoms with E-state index < -0.39 is 11.9 Å². The third-order valence-corrected chi connectivity index (χ3v) is 4.31. The number of nitrogens with one attached hydrogen (secondary N) is 1. The number of halogens is 1. The second-order valence-corrected chi connectivity index (χ2v) is 5.93. The highest BCUT2D eigenvalue weighted by Crippen LogP contribution is 2.29. The Hall–Kier alpha value is -2.36. The fourth-order valence-electron chi connectivity index (χ4n) is 3.05. The summed E-state index contributed by atoms with van der Waals surface area (Å²) < 4.78 is 0. The number of rotatable bonds is 3. The van der Waals surface area contributed by atoms with Gasteiger partial charge < -0.3 is 10.6 Å². The van der Waals surface area contributed by atoms with Crippen LogP contribution in [0.25, 0.3) is 0 Å². The summed E-state index contributed by atoms with van der Waals surface area (Å²) in [5.74, 6) is 5.31. The summed E-state index contributed by atoms with van der Waals surface area (Å²) in [4.78, 5) is 37.5. The first-order chi connectivity index (χ1) is 11.6. The van der Waals surface area contributed by atoms with Crippen LogP contribution in [-0.2, 0) is 16.1 Å². The number of carbonyl (C=O) groups is 3. The number of amides is 3. The smallest absolute Gasteiger partial charge is 0.255 e. The van der Waals surface area contributed by atoms with Gasteiger partial charge in [-0.3, -0.25) is 19.7 Å². The highest BCUT2D eigenvalue weighted by molar-refractivity contribution is 6.05. The molecule has 0 aliphatic carbocycles. The van der Waals surface area contributed by atoms with Gasteiger partial charge in [0.05, 0.1) is 0 Å². The quantitative estimate of drug-likeness (QED) is 0.476. The van der Waals surface area contributed by atoms with Crippen molar-refractivity contribution < 1.29 is 14.4 Å². The monoisotopic (exact) mass is 361 g/mol. The molecule has 6 nitrogen and oxygen atoms in total. The Labute approximate surface area is 152 Å². The molecule has 3 amide bonds. The molecule has 0 aromatic heterocycles. The molecule has 25 heavy (non-hydrogen) atoms. The van der Waals surface area contributed by atoms with Gasteiger partial charge in [-0.15, -0.1) is 12.4 Å². The van der Waals surface area contributed by atoms with Crippen molar-refractivity contribution in [1.29, 1.82) is 0 Å². The van der Waals surface area contributed by atoms with E-state index in [4.69, 9.17) is 5.73 Å². The normalized spacial score (nSPS) is 18.8. The van der Waals surface area contributed by atoms with Crippen molar-refractivity contribution in [2.75, 3.05) is 6.54 Å². The van der Waals surface area contributed by atoms with E-state index >= 15 is 0 Å². The minimum atomic E-state index is -0.597. The fraction of sp³-hybridized carbons (Fsp3) is 0.389. The van der Waals surface area contributed by atoms with Crippen molar-refractivity contribution >= 4 is 30.1 Å². The molecule has 0 spiro atoms. The van der Waals surface area contributed by atoms with Crippen LogP contribution in [0.2, 0.25) is 0 Å². The lowest BCUT2D eigenvalue weighted by Crippen LogP contribution is -2.52. The summed E-state index contributed by atoms with van der Waals surface area (Å²) >= 11 is 0. The molecule has 1 saturated heterocycles. The highest BCUT2D eigenvalue weighted by Gasteiger charge is 2.39. The van der Waals surface area contributed by atoms with Crippen LogP contribution in [0.1, 0.15) is 47.2 Å². The van der Waals surface area contributed by atoms with Crippen LogP contribution in [0.15, 0.2) is 18.2 Å². The van der Waals surface area contributed by atoms with Gasteiger partial charge in [0.15, 0.2) is 0 Å². The first-order valence-electron chi connectivity index (χ1n) is 8.07. The van der Waals surface area contributed by atoms with E-state index in [1.807, 2.05) is 6.07 Å². The Balaban J connectivity index is 0.00000225.